The number of ether oxygens (including phenoxy) is 1. The molecule has 7 heteroatoms. The molecule has 0 heterocycles. The molecule has 0 bridgehead atoms. The molecule has 0 atom stereocenters. The van der Waals surface area contributed by atoms with Crippen molar-refractivity contribution in [3.8, 4) is 0 Å². The van der Waals surface area contributed by atoms with Gasteiger partial charge in [0, 0.05) is 26.2 Å². The number of amides is 3. The smallest absolute Gasteiger partial charge is 0.407 e. The van der Waals surface area contributed by atoms with E-state index in [0.717, 1.165) is 0 Å². The van der Waals surface area contributed by atoms with Gasteiger partial charge in [-0.3, -0.25) is 0 Å². The van der Waals surface area contributed by atoms with Crippen LogP contribution in [0.4, 0.5) is 9.59 Å². The van der Waals surface area contributed by atoms with Crippen molar-refractivity contribution in [2.45, 2.75) is 26.4 Å². The molecule has 0 spiro atoms. The number of carbonyl (C=O) groups excluding carboxylic acids is 2. The lowest BCUT2D eigenvalue weighted by Crippen LogP contribution is -2.39. The van der Waals surface area contributed by atoms with Gasteiger partial charge in [0.1, 0.15) is 5.60 Å². The molecular formula is C10H22N4O3. The summed E-state index contributed by atoms with van der Waals surface area (Å²) in [5.41, 5.74) is 4.40. The van der Waals surface area contributed by atoms with Crippen LogP contribution in [0.2, 0.25) is 0 Å². The highest BCUT2D eigenvalue weighted by Crippen LogP contribution is 2.05. The molecule has 0 aliphatic rings. The van der Waals surface area contributed by atoms with Gasteiger partial charge in [0.25, 0.3) is 0 Å². The molecule has 0 fully saturated rings. The summed E-state index contributed by atoms with van der Waals surface area (Å²) in [6, 6.07) is -0.543. The lowest BCUT2D eigenvalue weighted by Gasteiger charge is -2.19. The van der Waals surface area contributed by atoms with E-state index in [4.69, 9.17) is 10.5 Å². The number of primary amides is 1. The number of hydrogen-bond donors (Lipinski definition) is 4. The third kappa shape index (κ3) is 12.4. The minimum Gasteiger partial charge on any atom is -0.444 e. The molecule has 3 amide bonds. The number of rotatable bonds is 6. The van der Waals surface area contributed by atoms with Gasteiger partial charge in [-0.15, -0.1) is 0 Å². The summed E-state index contributed by atoms with van der Waals surface area (Å²) in [5, 5.41) is 8.06. The normalized spacial score (nSPS) is 10.8. The average Bonchev–Trinajstić information content (AvgIpc) is 2.12. The third-order valence-corrected chi connectivity index (χ3v) is 1.57. The Morgan fingerprint density at radius 2 is 1.59 bits per heavy atom. The van der Waals surface area contributed by atoms with Gasteiger partial charge in [0.15, 0.2) is 0 Å². The molecule has 0 saturated heterocycles. The van der Waals surface area contributed by atoms with E-state index in [1.165, 1.54) is 0 Å². The van der Waals surface area contributed by atoms with Gasteiger partial charge in [-0.25, -0.2) is 9.59 Å². The van der Waals surface area contributed by atoms with Crippen LogP contribution in [0.15, 0.2) is 0 Å². The van der Waals surface area contributed by atoms with Crippen molar-refractivity contribution in [3.63, 3.8) is 0 Å². The van der Waals surface area contributed by atoms with Crippen LogP contribution in [0.25, 0.3) is 0 Å². The van der Waals surface area contributed by atoms with Crippen LogP contribution in [0, 0.1) is 0 Å². The molecule has 0 unspecified atom stereocenters. The van der Waals surface area contributed by atoms with Crippen LogP contribution in [0.3, 0.4) is 0 Å². The molecule has 5 N–H and O–H groups in total. The second-order valence-electron chi connectivity index (χ2n) is 4.47. The Hall–Kier alpha value is -1.50. The van der Waals surface area contributed by atoms with Crippen molar-refractivity contribution < 1.29 is 14.3 Å². The summed E-state index contributed by atoms with van der Waals surface area (Å²) >= 11 is 0. The van der Waals surface area contributed by atoms with E-state index in [1.807, 2.05) is 0 Å². The molecule has 0 aromatic rings. The van der Waals surface area contributed by atoms with Crippen LogP contribution < -0.4 is 21.7 Å². The van der Waals surface area contributed by atoms with Crippen LogP contribution in [0.5, 0.6) is 0 Å². The lowest BCUT2D eigenvalue weighted by molar-refractivity contribution is 0.0528. The summed E-state index contributed by atoms with van der Waals surface area (Å²) < 4.78 is 5.05. The number of hydrogen-bond acceptors (Lipinski definition) is 4. The van der Waals surface area contributed by atoms with Crippen molar-refractivity contribution in [2.24, 2.45) is 5.73 Å². The summed E-state index contributed by atoms with van der Waals surface area (Å²) in [6.45, 7) is 7.53. The van der Waals surface area contributed by atoms with Crippen LogP contribution >= 0.6 is 0 Å². The number of nitrogens with two attached hydrogens (primary N) is 1. The highest BCUT2D eigenvalue weighted by molar-refractivity contribution is 5.71. The third-order valence-electron chi connectivity index (χ3n) is 1.57. The first-order valence-electron chi connectivity index (χ1n) is 5.52. The molecule has 0 aromatic heterocycles. The molecule has 7 nitrogen and oxygen atoms in total. The minimum atomic E-state index is -0.543. The van der Waals surface area contributed by atoms with Crippen LogP contribution in [0.1, 0.15) is 20.8 Å². The van der Waals surface area contributed by atoms with Crippen molar-refractivity contribution in [1.82, 2.24) is 16.0 Å². The SMILES string of the molecule is CC(C)(C)OC(=O)NCCNCCNC(N)=O. The van der Waals surface area contributed by atoms with E-state index in [2.05, 4.69) is 16.0 Å². The number of alkyl carbamates (subject to hydrolysis) is 1. The first kappa shape index (κ1) is 15.5. The fraction of sp³-hybridized carbons (Fsp3) is 0.800. The zero-order valence-corrected chi connectivity index (χ0v) is 10.6. The van der Waals surface area contributed by atoms with E-state index < -0.39 is 17.7 Å². The highest BCUT2D eigenvalue weighted by atomic mass is 16.6. The standard InChI is InChI=1S/C10H22N4O3/c1-10(2,3)17-9(16)14-7-5-12-4-6-13-8(11)15/h12H,4-7H2,1-3H3,(H,14,16)(H3,11,13,15). The largest absolute Gasteiger partial charge is 0.444 e. The van der Waals surface area contributed by atoms with Crippen molar-refractivity contribution in [2.75, 3.05) is 26.2 Å². The predicted octanol–water partition coefficient (Wildman–Crippen LogP) is -0.231. The van der Waals surface area contributed by atoms with Crippen LogP contribution in [-0.2, 0) is 4.74 Å². The topological polar surface area (TPSA) is 105 Å². The molecular weight excluding hydrogens is 224 g/mol. The summed E-state index contributed by atoms with van der Waals surface area (Å²) in [7, 11) is 0. The second-order valence-corrected chi connectivity index (χ2v) is 4.47. The molecule has 0 rings (SSSR count). The predicted molar refractivity (Wildman–Crippen MR) is 64.7 cm³/mol. The monoisotopic (exact) mass is 246 g/mol. The van der Waals surface area contributed by atoms with E-state index >= 15 is 0 Å². The van der Waals surface area contributed by atoms with Crippen molar-refractivity contribution in [3.05, 3.63) is 0 Å². The fourth-order valence-corrected chi connectivity index (χ4v) is 0.966. The summed E-state index contributed by atoms with van der Waals surface area (Å²) in [5.74, 6) is 0. The van der Waals surface area contributed by atoms with Gasteiger partial charge in [0.2, 0.25) is 0 Å². The fourth-order valence-electron chi connectivity index (χ4n) is 0.966. The van der Waals surface area contributed by atoms with E-state index in [-0.39, 0.29) is 0 Å². The quantitative estimate of drug-likeness (QED) is 0.486. The zero-order valence-electron chi connectivity index (χ0n) is 10.6. The molecule has 0 aromatic carbocycles. The number of nitrogens with one attached hydrogen (secondary N) is 3. The number of carbonyl (C=O) groups is 2. The first-order valence-corrected chi connectivity index (χ1v) is 5.52. The Morgan fingerprint density at radius 1 is 1.06 bits per heavy atom. The molecule has 0 saturated carbocycles. The van der Waals surface area contributed by atoms with Gasteiger partial charge in [0.05, 0.1) is 0 Å². The van der Waals surface area contributed by atoms with E-state index in [9.17, 15) is 9.59 Å². The van der Waals surface area contributed by atoms with E-state index in [0.29, 0.717) is 26.2 Å². The Morgan fingerprint density at radius 3 is 2.06 bits per heavy atom. The highest BCUT2D eigenvalue weighted by Gasteiger charge is 2.15. The lowest BCUT2D eigenvalue weighted by atomic mass is 10.2. The zero-order chi connectivity index (χ0) is 13.3. The number of urea groups is 1. The van der Waals surface area contributed by atoms with Gasteiger partial charge in [-0.2, -0.15) is 0 Å². The van der Waals surface area contributed by atoms with Gasteiger partial charge >= 0.3 is 12.1 Å². The maximum Gasteiger partial charge on any atom is 0.407 e. The first-order chi connectivity index (χ1) is 7.81. The second kappa shape index (κ2) is 7.72. The Bertz CT molecular complexity index is 250. The maximum absolute atomic E-state index is 11.2. The molecule has 0 aliphatic heterocycles. The molecule has 17 heavy (non-hydrogen) atoms. The van der Waals surface area contributed by atoms with Gasteiger partial charge < -0.3 is 26.4 Å². The minimum absolute atomic E-state index is 0.436. The average molecular weight is 246 g/mol. The van der Waals surface area contributed by atoms with Gasteiger partial charge in [-0.05, 0) is 20.8 Å². The molecule has 0 aliphatic carbocycles. The van der Waals surface area contributed by atoms with Crippen molar-refractivity contribution in [1.29, 1.82) is 0 Å². The summed E-state index contributed by atoms with van der Waals surface area (Å²) in [4.78, 5) is 21.5. The van der Waals surface area contributed by atoms with Crippen molar-refractivity contribution >= 4 is 12.1 Å². The molecule has 0 radical (unpaired) electrons. The Balaban J connectivity index is 3.34. The maximum atomic E-state index is 11.2. The van der Waals surface area contributed by atoms with Crippen LogP contribution in [-0.4, -0.2) is 43.9 Å². The Kier molecular flexibility index (Phi) is 7.04. The van der Waals surface area contributed by atoms with E-state index in [1.54, 1.807) is 20.8 Å². The van der Waals surface area contributed by atoms with Gasteiger partial charge in [-0.1, -0.05) is 0 Å². The molecule has 100 valence electrons. The summed E-state index contributed by atoms with van der Waals surface area (Å²) in [6.07, 6.45) is -0.436. The Labute approximate surface area is 101 Å².